The van der Waals surface area contributed by atoms with E-state index in [1.54, 1.807) is 0 Å². The molecule has 0 atom stereocenters. The maximum Gasteiger partial charge on any atom is 0.164 e. The zero-order chi connectivity index (χ0) is 39.2. The maximum absolute atomic E-state index is 5.24. The van der Waals surface area contributed by atoms with Gasteiger partial charge >= 0.3 is 0 Å². The Kier molecular flexibility index (Phi) is 7.41. The average molecular weight is 773 g/mol. The summed E-state index contributed by atoms with van der Waals surface area (Å²) in [5, 5.41) is 5.01. The van der Waals surface area contributed by atoms with Gasteiger partial charge in [0.2, 0.25) is 0 Å². The molecule has 4 nitrogen and oxygen atoms in total. The van der Waals surface area contributed by atoms with E-state index in [0.29, 0.717) is 17.5 Å². The molecule has 3 heterocycles. The van der Waals surface area contributed by atoms with Gasteiger partial charge in [0.05, 0.1) is 11.0 Å². The topological polar surface area (TPSA) is 43.6 Å². The fraction of sp³-hybridized carbons (Fsp3) is 0.0556. The van der Waals surface area contributed by atoms with Crippen molar-refractivity contribution in [2.75, 3.05) is 0 Å². The van der Waals surface area contributed by atoms with Crippen LogP contribution in [0.3, 0.4) is 0 Å². The minimum atomic E-state index is -0.141. The molecule has 8 aromatic carbocycles. The van der Waals surface area contributed by atoms with Crippen molar-refractivity contribution >= 4 is 53.3 Å². The molecule has 0 N–H and O–H groups in total. The Labute approximate surface area is 345 Å². The van der Waals surface area contributed by atoms with Crippen LogP contribution in [0.5, 0.6) is 0 Å². The lowest BCUT2D eigenvalue weighted by atomic mass is 9.82. The number of benzene rings is 8. The van der Waals surface area contributed by atoms with Crippen molar-refractivity contribution in [3.8, 4) is 62.1 Å². The molecular weight excluding hydrogens is 737 g/mol. The lowest BCUT2D eigenvalue weighted by molar-refractivity contribution is 0.661. The zero-order valence-corrected chi connectivity index (χ0v) is 33.3. The molecule has 0 aliphatic heterocycles. The van der Waals surface area contributed by atoms with E-state index in [-0.39, 0.29) is 5.41 Å². The average Bonchev–Trinajstić information content (AvgIpc) is 3.91. The number of rotatable bonds is 5. The Bertz CT molecular complexity index is 3410. The fourth-order valence-electron chi connectivity index (χ4n) is 9.38. The predicted octanol–water partition coefficient (Wildman–Crippen LogP) is 14.3. The third kappa shape index (κ3) is 5.25. The van der Waals surface area contributed by atoms with Gasteiger partial charge in [-0.15, -0.1) is 11.3 Å². The van der Waals surface area contributed by atoms with Gasteiger partial charge < -0.3 is 4.57 Å². The largest absolute Gasteiger partial charge is 0.309 e. The number of fused-ring (bicyclic) bond motifs is 9. The number of thiophene rings is 1. The first kappa shape index (κ1) is 33.9. The Morgan fingerprint density at radius 1 is 0.407 bits per heavy atom. The van der Waals surface area contributed by atoms with Crippen molar-refractivity contribution in [3.63, 3.8) is 0 Å². The van der Waals surface area contributed by atoms with E-state index in [9.17, 15) is 0 Å². The summed E-state index contributed by atoms with van der Waals surface area (Å²) in [6, 6.07) is 65.4. The van der Waals surface area contributed by atoms with Crippen LogP contribution in [0.4, 0.5) is 0 Å². The molecule has 0 amide bonds. The van der Waals surface area contributed by atoms with Crippen LogP contribution in [0.15, 0.2) is 182 Å². The first-order valence-electron chi connectivity index (χ1n) is 20.1. The van der Waals surface area contributed by atoms with Crippen molar-refractivity contribution in [2.45, 2.75) is 19.3 Å². The lowest BCUT2D eigenvalue weighted by Crippen LogP contribution is -2.15. The fourth-order valence-corrected chi connectivity index (χ4v) is 10.6. The van der Waals surface area contributed by atoms with Gasteiger partial charge in [0, 0.05) is 58.7 Å². The Morgan fingerprint density at radius 3 is 1.76 bits per heavy atom. The third-order valence-corrected chi connectivity index (χ3v) is 13.4. The SMILES string of the molecule is CC1(C)c2ccccc2-c2cc3c4ccccc4n(-c4cc(-c5nc(-c6ccccc6)nc(-c6ccccc6)n5)cc(-c5cccc6c5sc5ccccc56)c4)c3cc21. The monoisotopic (exact) mass is 772 g/mol. The predicted molar refractivity (Wildman–Crippen MR) is 246 cm³/mol. The molecule has 3 aromatic heterocycles. The van der Waals surface area contributed by atoms with Gasteiger partial charge in [-0.3, -0.25) is 0 Å². The molecule has 0 saturated carbocycles. The van der Waals surface area contributed by atoms with Crippen LogP contribution >= 0.6 is 11.3 Å². The van der Waals surface area contributed by atoms with Crippen LogP contribution in [0, 0.1) is 0 Å². The van der Waals surface area contributed by atoms with Crippen molar-refractivity contribution < 1.29 is 0 Å². The summed E-state index contributed by atoms with van der Waals surface area (Å²) in [7, 11) is 0. The molecule has 59 heavy (non-hydrogen) atoms. The van der Waals surface area contributed by atoms with Crippen molar-refractivity contribution in [2.24, 2.45) is 0 Å². The van der Waals surface area contributed by atoms with Crippen LogP contribution in [-0.4, -0.2) is 19.5 Å². The zero-order valence-electron chi connectivity index (χ0n) is 32.5. The molecule has 11 aromatic rings. The second kappa shape index (κ2) is 12.9. The van der Waals surface area contributed by atoms with E-state index in [1.807, 2.05) is 47.7 Å². The van der Waals surface area contributed by atoms with Crippen molar-refractivity contribution in [1.29, 1.82) is 0 Å². The third-order valence-electron chi connectivity index (χ3n) is 12.2. The molecule has 0 bridgehead atoms. The van der Waals surface area contributed by atoms with E-state index < -0.39 is 0 Å². The number of para-hydroxylation sites is 1. The molecule has 12 rings (SSSR count). The summed E-state index contributed by atoms with van der Waals surface area (Å²) < 4.78 is 5.00. The van der Waals surface area contributed by atoms with Crippen LogP contribution in [0.1, 0.15) is 25.0 Å². The summed E-state index contributed by atoms with van der Waals surface area (Å²) in [5.41, 5.74) is 13.7. The quantitative estimate of drug-likeness (QED) is 0.175. The lowest BCUT2D eigenvalue weighted by Gasteiger charge is -2.22. The molecule has 0 radical (unpaired) electrons. The molecule has 1 aliphatic carbocycles. The molecule has 0 saturated heterocycles. The van der Waals surface area contributed by atoms with Gasteiger partial charge in [0.15, 0.2) is 17.5 Å². The molecule has 278 valence electrons. The number of nitrogens with zero attached hydrogens (tertiary/aromatic N) is 4. The number of hydrogen-bond donors (Lipinski definition) is 0. The van der Waals surface area contributed by atoms with Gasteiger partial charge in [0.25, 0.3) is 0 Å². The minimum absolute atomic E-state index is 0.141. The number of aromatic nitrogens is 4. The second-order valence-corrected chi connectivity index (χ2v) is 17.1. The molecule has 0 unspecified atom stereocenters. The first-order chi connectivity index (χ1) is 29.0. The highest BCUT2D eigenvalue weighted by Crippen LogP contribution is 2.51. The van der Waals surface area contributed by atoms with Crippen LogP contribution in [0.2, 0.25) is 0 Å². The molecular formula is C54H36N4S. The summed E-state index contributed by atoms with van der Waals surface area (Å²) in [6.07, 6.45) is 0. The van der Waals surface area contributed by atoms with Crippen molar-refractivity contribution in [1.82, 2.24) is 19.5 Å². The standard InChI is InChI=1S/C54H36N4S/c1-54(2)45-25-12-9-20-39(45)43-31-44-40-21-10-13-26-47(40)58(48(44)32-46(43)54)37-29-35(38-23-15-24-42-41-22-11-14-27-49(41)59-50(38)42)28-36(30-37)53-56-51(33-16-5-3-6-17-33)55-52(57-53)34-18-7-4-8-19-34/h3-32H,1-2H3. The summed E-state index contributed by atoms with van der Waals surface area (Å²) in [6.45, 7) is 4.71. The highest BCUT2D eigenvalue weighted by atomic mass is 32.1. The van der Waals surface area contributed by atoms with Gasteiger partial charge in [0.1, 0.15) is 0 Å². The van der Waals surface area contributed by atoms with Crippen LogP contribution < -0.4 is 0 Å². The van der Waals surface area contributed by atoms with Crippen LogP contribution in [-0.2, 0) is 5.41 Å². The second-order valence-electron chi connectivity index (χ2n) is 16.0. The summed E-state index contributed by atoms with van der Waals surface area (Å²) in [5.74, 6) is 1.91. The highest BCUT2D eigenvalue weighted by Gasteiger charge is 2.36. The van der Waals surface area contributed by atoms with Gasteiger partial charge in [-0.1, -0.05) is 153 Å². The summed E-state index contributed by atoms with van der Waals surface area (Å²) in [4.78, 5) is 15.5. The normalized spacial score (nSPS) is 13.1. The van der Waals surface area contributed by atoms with Crippen molar-refractivity contribution in [3.05, 3.63) is 193 Å². The molecule has 1 aliphatic rings. The maximum atomic E-state index is 5.24. The van der Waals surface area contributed by atoms with Gasteiger partial charge in [-0.2, -0.15) is 0 Å². The Morgan fingerprint density at radius 2 is 1.00 bits per heavy atom. The van der Waals surface area contributed by atoms with E-state index in [0.717, 1.165) is 33.5 Å². The molecule has 5 heteroatoms. The van der Waals surface area contributed by atoms with Gasteiger partial charge in [-0.05, 0) is 75.8 Å². The number of hydrogen-bond acceptors (Lipinski definition) is 4. The smallest absolute Gasteiger partial charge is 0.164 e. The molecule has 0 fully saturated rings. The minimum Gasteiger partial charge on any atom is -0.309 e. The first-order valence-corrected chi connectivity index (χ1v) is 20.9. The van der Waals surface area contributed by atoms with Gasteiger partial charge in [-0.25, -0.2) is 15.0 Å². The van der Waals surface area contributed by atoms with E-state index >= 15 is 0 Å². The van der Waals surface area contributed by atoms with Crippen LogP contribution in [0.25, 0.3) is 104 Å². The highest BCUT2D eigenvalue weighted by molar-refractivity contribution is 7.26. The Hall–Kier alpha value is -7.21. The van der Waals surface area contributed by atoms with E-state index in [4.69, 9.17) is 15.0 Å². The summed E-state index contributed by atoms with van der Waals surface area (Å²) >= 11 is 1.85. The van der Waals surface area contributed by atoms with E-state index in [1.165, 1.54) is 64.3 Å². The Balaban J connectivity index is 1.17. The van der Waals surface area contributed by atoms with E-state index in [2.05, 4.69) is 164 Å². The molecule has 0 spiro atoms.